The molecule has 0 radical (unpaired) electrons. The number of carboxylic acid groups (broad SMARTS) is 1. The van der Waals surface area contributed by atoms with Crippen LogP contribution >= 0.6 is 0 Å². The van der Waals surface area contributed by atoms with Gasteiger partial charge in [0.15, 0.2) is 0 Å². The molecule has 3 rings (SSSR count). The van der Waals surface area contributed by atoms with Gasteiger partial charge in [0.05, 0.1) is 11.6 Å². The molecular weight excluding hydrogens is 258 g/mol. The van der Waals surface area contributed by atoms with E-state index in [1.54, 1.807) is 22.7 Å². The van der Waals surface area contributed by atoms with Crippen molar-refractivity contribution >= 4 is 11.9 Å². The largest absolute Gasteiger partial charge is 0.481 e. The number of carbonyl (C=O) groups excluding carboxylic acids is 1. The summed E-state index contributed by atoms with van der Waals surface area (Å²) in [6, 6.07) is 1.75. The zero-order valence-electron chi connectivity index (χ0n) is 11.7. The van der Waals surface area contributed by atoms with Crippen LogP contribution in [0.25, 0.3) is 0 Å². The number of amides is 1. The molecule has 1 amide bonds. The van der Waals surface area contributed by atoms with Crippen molar-refractivity contribution < 1.29 is 14.7 Å². The number of aryl methyl sites for hydroxylation is 2. The highest BCUT2D eigenvalue weighted by molar-refractivity contribution is 5.93. The van der Waals surface area contributed by atoms with Crippen LogP contribution in [0.5, 0.6) is 0 Å². The highest BCUT2D eigenvalue weighted by atomic mass is 16.4. The first-order valence-electron chi connectivity index (χ1n) is 7.00. The fraction of sp³-hybridized carbons (Fsp3) is 0.643. The lowest BCUT2D eigenvalue weighted by atomic mass is 9.92. The van der Waals surface area contributed by atoms with Crippen LogP contribution in [0.3, 0.4) is 0 Å². The maximum atomic E-state index is 12.5. The van der Waals surface area contributed by atoms with Crippen molar-refractivity contribution in [1.82, 2.24) is 14.7 Å². The lowest BCUT2D eigenvalue weighted by Crippen LogP contribution is -2.31. The SMILES string of the molecule is Cc1cc(C(=O)N2C[C@H](C(=O)O)[C@@H](C3CC3)C2)n(C)n1. The van der Waals surface area contributed by atoms with Gasteiger partial charge in [-0.1, -0.05) is 0 Å². The molecule has 6 heteroatoms. The molecule has 1 N–H and O–H groups in total. The Bertz CT molecular complexity index is 562. The highest BCUT2D eigenvalue weighted by Crippen LogP contribution is 2.44. The summed E-state index contributed by atoms with van der Waals surface area (Å²) in [4.78, 5) is 25.6. The average Bonchev–Trinajstić information content (AvgIpc) is 3.03. The Labute approximate surface area is 117 Å². The van der Waals surface area contributed by atoms with Crippen LogP contribution in [0.4, 0.5) is 0 Å². The van der Waals surface area contributed by atoms with Gasteiger partial charge in [-0.15, -0.1) is 0 Å². The monoisotopic (exact) mass is 277 g/mol. The third kappa shape index (κ3) is 2.19. The Hall–Kier alpha value is -1.85. The first-order chi connectivity index (χ1) is 9.47. The second-order valence-corrected chi connectivity index (χ2v) is 5.95. The van der Waals surface area contributed by atoms with Crippen molar-refractivity contribution in [2.75, 3.05) is 13.1 Å². The molecule has 2 atom stereocenters. The first-order valence-corrected chi connectivity index (χ1v) is 7.00. The zero-order valence-corrected chi connectivity index (χ0v) is 11.7. The van der Waals surface area contributed by atoms with E-state index in [9.17, 15) is 14.7 Å². The third-order valence-electron chi connectivity index (χ3n) is 4.42. The van der Waals surface area contributed by atoms with Crippen LogP contribution in [-0.4, -0.2) is 44.8 Å². The van der Waals surface area contributed by atoms with E-state index in [4.69, 9.17) is 0 Å². The van der Waals surface area contributed by atoms with Gasteiger partial charge < -0.3 is 10.0 Å². The van der Waals surface area contributed by atoms with Crippen molar-refractivity contribution in [2.24, 2.45) is 24.8 Å². The Morgan fingerprint density at radius 2 is 2.05 bits per heavy atom. The van der Waals surface area contributed by atoms with Crippen molar-refractivity contribution in [3.8, 4) is 0 Å². The van der Waals surface area contributed by atoms with Crippen LogP contribution < -0.4 is 0 Å². The molecule has 20 heavy (non-hydrogen) atoms. The molecule has 2 fully saturated rings. The van der Waals surface area contributed by atoms with Crippen molar-refractivity contribution in [3.05, 3.63) is 17.5 Å². The number of nitrogens with zero attached hydrogens (tertiary/aromatic N) is 3. The minimum Gasteiger partial charge on any atom is -0.481 e. The summed E-state index contributed by atoms with van der Waals surface area (Å²) in [6.07, 6.45) is 2.20. The highest BCUT2D eigenvalue weighted by Gasteiger charge is 2.47. The van der Waals surface area contributed by atoms with E-state index in [-0.39, 0.29) is 11.8 Å². The number of rotatable bonds is 3. The van der Waals surface area contributed by atoms with Crippen molar-refractivity contribution in [1.29, 1.82) is 0 Å². The number of aliphatic carboxylic acids is 1. The number of carbonyl (C=O) groups is 2. The van der Waals surface area contributed by atoms with Gasteiger partial charge in [-0.25, -0.2) is 0 Å². The number of hydrogen-bond acceptors (Lipinski definition) is 3. The third-order valence-corrected chi connectivity index (χ3v) is 4.42. The summed E-state index contributed by atoms with van der Waals surface area (Å²) in [7, 11) is 1.74. The van der Waals surface area contributed by atoms with Gasteiger partial charge in [0, 0.05) is 20.1 Å². The number of likely N-dealkylation sites (tertiary alicyclic amines) is 1. The Morgan fingerprint density at radius 3 is 2.55 bits per heavy atom. The van der Waals surface area contributed by atoms with E-state index < -0.39 is 11.9 Å². The van der Waals surface area contributed by atoms with Gasteiger partial charge in [0.2, 0.25) is 0 Å². The summed E-state index contributed by atoms with van der Waals surface area (Å²) in [6.45, 7) is 2.72. The molecule has 1 aromatic heterocycles. The summed E-state index contributed by atoms with van der Waals surface area (Å²) < 4.78 is 1.57. The van der Waals surface area contributed by atoms with Crippen LogP contribution in [0.15, 0.2) is 6.07 Å². The molecule has 1 saturated carbocycles. The predicted molar refractivity (Wildman–Crippen MR) is 71.2 cm³/mol. The van der Waals surface area contributed by atoms with Crippen LogP contribution in [0, 0.1) is 24.7 Å². The zero-order chi connectivity index (χ0) is 14.4. The normalized spacial score (nSPS) is 26.0. The van der Waals surface area contributed by atoms with Gasteiger partial charge >= 0.3 is 5.97 Å². The molecule has 2 aliphatic rings. The average molecular weight is 277 g/mol. The lowest BCUT2D eigenvalue weighted by molar-refractivity contribution is -0.142. The topological polar surface area (TPSA) is 75.4 Å². The number of hydrogen-bond donors (Lipinski definition) is 1. The molecule has 1 aliphatic heterocycles. The van der Waals surface area contributed by atoms with E-state index in [1.807, 2.05) is 6.92 Å². The maximum absolute atomic E-state index is 12.5. The summed E-state index contributed by atoms with van der Waals surface area (Å²) in [5.41, 5.74) is 1.33. The molecule has 0 aromatic carbocycles. The van der Waals surface area contributed by atoms with E-state index in [0.717, 1.165) is 18.5 Å². The van der Waals surface area contributed by atoms with E-state index in [1.165, 1.54) is 0 Å². The van der Waals surface area contributed by atoms with Crippen LogP contribution in [0.1, 0.15) is 29.0 Å². The Morgan fingerprint density at radius 1 is 1.35 bits per heavy atom. The second-order valence-electron chi connectivity index (χ2n) is 5.95. The van der Waals surface area contributed by atoms with Crippen LogP contribution in [0.2, 0.25) is 0 Å². The molecule has 0 bridgehead atoms. The minimum absolute atomic E-state index is 0.109. The molecule has 0 unspecified atom stereocenters. The molecule has 1 saturated heterocycles. The lowest BCUT2D eigenvalue weighted by Gasteiger charge is -2.16. The molecule has 6 nitrogen and oxygen atoms in total. The number of carboxylic acids is 1. The number of aromatic nitrogens is 2. The van der Waals surface area contributed by atoms with Gasteiger partial charge in [0.1, 0.15) is 5.69 Å². The molecule has 108 valence electrons. The van der Waals surface area contributed by atoms with Gasteiger partial charge in [-0.3, -0.25) is 14.3 Å². The summed E-state index contributed by atoms with van der Waals surface area (Å²) in [5, 5.41) is 13.5. The fourth-order valence-corrected chi connectivity index (χ4v) is 3.23. The van der Waals surface area contributed by atoms with Crippen molar-refractivity contribution in [2.45, 2.75) is 19.8 Å². The molecular formula is C14H19N3O3. The van der Waals surface area contributed by atoms with Crippen molar-refractivity contribution in [3.63, 3.8) is 0 Å². The maximum Gasteiger partial charge on any atom is 0.308 e. The molecule has 1 aliphatic carbocycles. The van der Waals surface area contributed by atoms with Crippen LogP contribution in [-0.2, 0) is 11.8 Å². The van der Waals surface area contributed by atoms with Gasteiger partial charge in [0.25, 0.3) is 5.91 Å². The Balaban J connectivity index is 1.79. The second kappa shape index (κ2) is 4.61. The smallest absolute Gasteiger partial charge is 0.308 e. The predicted octanol–water partition coefficient (Wildman–Crippen LogP) is 0.911. The first kappa shape index (κ1) is 13.1. The van der Waals surface area contributed by atoms with Gasteiger partial charge in [-0.2, -0.15) is 5.10 Å². The summed E-state index contributed by atoms with van der Waals surface area (Å²) in [5.74, 6) is -0.699. The molecule has 2 heterocycles. The quantitative estimate of drug-likeness (QED) is 0.891. The standard InChI is InChI=1S/C14H19N3O3/c1-8-5-12(16(2)15-8)13(18)17-6-10(9-3-4-9)11(7-17)14(19)20/h5,9-11H,3-4,6-7H2,1-2H3,(H,19,20)/t10-,11+/m1/s1. The molecule has 0 spiro atoms. The van der Waals surface area contributed by atoms with E-state index in [0.29, 0.717) is 24.7 Å². The molecule has 1 aromatic rings. The Kier molecular flexibility index (Phi) is 3.03. The van der Waals surface area contributed by atoms with E-state index >= 15 is 0 Å². The van der Waals surface area contributed by atoms with E-state index in [2.05, 4.69) is 5.10 Å². The minimum atomic E-state index is -0.779. The van der Waals surface area contributed by atoms with Gasteiger partial charge in [-0.05, 0) is 37.7 Å². The summed E-state index contributed by atoms with van der Waals surface area (Å²) >= 11 is 0. The fourth-order valence-electron chi connectivity index (χ4n) is 3.23.